The van der Waals surface area contributed by atoms with Crippen LogP contribution in [0.1, 0.15) is 27.7 Å². The molecule has 18 heavy (non-hydrogen) atoms. The van der Waals surface area contributed by atoms with Gasteiger partial charge in [-0.2, -0.15) is 0 Å². The summed E-state index contributed by atoms with van der Waals surface area (Å²) in [5.41, 5.74) is 0. The molecule has 102 valence electrons. The van der Waals surface area contributed by atoms with Gasteiger partial charge in [0.15, 0.2) is 0 Å². The van der Waals surface area contributed by atoms with Crippen LogP contribution in [-0.4, -0.2) is 19.2 Å². The average Bonchev–Trinajstić information content (AvgIpc) is 2.27. The summed E-state index contributed by atoms with van der Waals surface area (Å²) in [6.07, 6.45) is 0.207. The van der Waals surface area contributed by atoms with Gasteiger partial charge in [0.1, 0.15) is 11.9 Å². The molecule has 0 aromatic heterocycles. The van der Waals surface area contributed by atoms with Gasteiger partial charge in [-0.1, -0.05) is 49.7 Å². The molecular weight excluding hydrogens is 290 g/mol. The molecular formula is C15H24BrNO. The Labute approximate surface area is 119 Å². The van der Waals surface area contributed by atoms with Crippen molar-refractivity contribution in [2.45, 2.75) is 33.8 Å². The lowest BCUT2D eigenvalue weighted by molar-refractivity contribution is 0.148. The van der Waals surface area contributed by atoms with E-state index in [-0.39, 0.29) is 6.10 Å². The summed E-state index contributed by atoms with van der Waals surface area (Å²) in [7, 11) is 0. The number of hydrogen-bond acceptors (Lipinski definition) is 2. The topological polar surface area (TPSA) is 21.3 Å². The van der Waals surface area contributed by atoms with Crippen LogP contribution in [0.4, 0.5) is 0 Å². The van der Waals surface area contributed by atoms with Gasteiger partial charge in [0.05, 0.1) is 0 Å². The second kappa shape index (κ2) is 7.80. The van der Waals surface area contributed by atoms with Crippen molar-refractivity contribution in [2.24, 2.45) is 11.8 Å². The van der Waals surface area contributed by atoms with Crippen molar-refractivity contribution in [1.29, 1.82) is 0 Å². The third-order valence-corrected chi connectivity index (χ3v) is 3.22. The van der Waals surface area contributed by atoms with Crippen molar-refractivity contribution >= 4 is 15.9 Å². The van der Waals surface area contributed by atoms with Crippen LogP contribution in [0.5, 0.6) is 5.75 Å². The van der Waals surface area contributed by atoms with Gasteiger partial charge in [0, 0.05) is 11.0 Å². The molecule has 0 aliphatic carbocycles. The van der Waals surface area contributed by atoms with Gasteiger partial charge in [-0.15, -0.1) is 0 Å². The molecule has 1 aromatic carbocycles. The zero-order chi connectivity index (χ0) is 13.5. The van der Waals surface area contributed by atoms with E-state index in [1.165, 1.54) is 0 Å². The summed E-state index contributed by atoms with van der Waals surface area (Å²) >= 11 is 3.47. The van der Waals surface area contributed by atoms with E-state index >= 15 is 0 Å². The van der Waals surface area contributed by atoms with E-state index in [1.54, 1.807) is 0 Å². The number of rotatable bonds is 7. The lowest BCUT2D eigenvalue weighted by Gasteiger charge is -2.23. The van der Waals surface area contributed by atoms with Crippen LogP contribution >= 0.6 is 15.9 Å². The van der Waals surface area contributed by atoms with Crippen LogP contribution in [0.25, 0.3) is 0 Å². The summed E-state index contributed by atoms with van der Waals surface area (Å²) in [5.74, 6) is 2.08. The molecule has 1 atom stereocenters. The summed E-state index contributed by atoms with van der Waals surface area (Å²) < 4.78 is 7.10. The fourth-order valence-electron chi connectivity index (χ4n) is 1.64. The highest BCUT2D eigenvalue weighted by molar-refractivity contribution is 9.10. The first-order chi connectivity index (χ1) is 8.49. The Morgan fingerprint density at radius 3 is 2.44 bits per heavy atom. The monoisotopic (exact) mass is 313 g/mol. The lowest BCUT2D eigenvalue weighted by atomic mass is 10.1. The maximum absolute atomic E-state index is 6.05. The van der Waals surface area contributed by atoms with Crippen LogP contribution < -0.4 is 10.1 Å². The molecule has 0 fully saturated rings. The van der Waals surface area contributed by atoms with Gasteiger partial charge in [0.25, 0.3) is 0 Å². The standard InChI is InChI=1S/C15H24BrNO/c1-11(2)9-17-10-15(12(3)4)18-14-7-5-6-13(16)8-14/h5-8,11-12,15,17H,9-10H2,1-4H3. The maximum atomic E-state index is 6.05. The van der Waals surface area contributed by atoms with E-state index in [0.717, 1.165) is 23.3 Å². The van der Waals surface area contributed by atoms with Gasteiger partial charge < -0.3 is 10.1 Å². The number of hydrogen-bond donors (Lipinski definition) is 1. The quantitative estimate of drug-likeness (QED) is 0.818. The molecule has 0 aliphatic heterocycles. The van der Waals surface area contributed by atoms with Crippen molar-refractivity contribution in [2.75, 3.05) is 13.1 Å². The maximum Gasteiger partial charge on any atom is 0.120 e. The van der Waals surface area contributed by atoms with Gasteiger partial charge >= 0.3 is 0 Å². The number of ether oxygens (including phenoxy) is 1. The first-order valence-electron chi connectivity index (χ1n) is 6.62. The normalized spacial score (nSPS) is 13.1. The highest BCUT2D eigenvalue weighted by atomic mass is 79.9. The fourth-order valence-corrected chi connectivity index (χ4v) is 2.02. The molecule has 0 saturated heterocycles. The van der Waals surface area contributed by atoms with E-state index in [0.29, 0.717) is 11.8 Å². The van der Waals surface area contributed by atoms with Crippen molar-refractivity contribution in [1.82, 2.24) is 5.32 Å². The molecule has 0 saturated carbocycles. The molecule has 1 rings (SSSR count). The molecule has 0 aliphatic rings. The van der Waals surface area contributed by atoms with Gasteiger partial charge in [0.2, 0.25) is 0 Å². The van der Waals surface area contributed by atoms with Crippen LogP contribution in [0, 0.1) is 11.8 Å². The summed E-state index contributed by atoms with van der Waals surface area (Å²) in [6.45, 7) is 10.7. The summed E-state index contributed by atoms with van der Waals surface area (Å²) in [4.78, 5) is 0. The van der Waals surface area contributed by atoms with Crippen LogP contribution in [-0.2, 0) is 0 Å². The minimum atomic E-state index is 0.207. The van der Waals surface area contributed by atoms with Crippen molar-refractivity contribution in [3.63, 3.8) is 0 Å². The Morgan fingerprint density at radius 1 is 1.17 bits per heavy atom. The predicted octanol–water partition coefficient (Wildman–Crippen LogP) is 4.10. The third-order valence-electron chi connectivity index (χ3n) is 2.73. The minimum Gasteiger partial charge on any atom is -0.489 e. The predicted molar refractivity (Wildman–Crippen MR) is 81.1 cm³/mol. The van der Waals surface area contributed by atoms with E-state index in [1.807, 2.05) is 24.3 Å². The zero-order valence-corrected chi connectivity index (χ0v) is 13.3. The number of nitrogens with one attached hydrogen (secondary N) is 1. The molecule has 0 heterocycles. The second-order valence-corrected chi connectivity index (χ2v) is 6.33. The highest BCUT2D eigenvalue weighted by Crippen LogP contribution is 2.20. The van der Waals surface area contributed by atoms with Gasteiger partial charge in [-0.25, -0.2) is 0 Å². The van der Waals surface area contributed by atoms with E-state index in [9.17, 15) is 0 Å². The Morgan fingerprint density at radius 2 is 1.89 bits per heavy atom. The van der Waals surface area contributed by atoms with Gasteiger partial charge in [-0.05, 0) is 36.6 Å². The molecule has 0 bridgehead atoms. The Hall–Kier alpha value is -0.540. The first kappa shape index (κ1) is 15.5. The number of halogens is 1. The van der Waals surface area contributed by atoms with Crippen LogP contribution in [0.3, 0.4) is 0 Å². The van der Waals surface area contributed by atoms with E-state index in [4.69, 9.17) is 4.74 Å². The minimum absolute atomic E-state index is 0.207. The molecule has 1 N–H and O–H groups in total. The SMILES string of the molecule is CC(C)CNCC(Oc1cccc(Br)c1)C(C)C. The summed E-state index contributed by atoms with van der Waals surface area (Å²) in [6, 6.07) is 8.02. The van der Waals surface area contributed by atoms with Crippen molar-refractivity contribution in [3.8, 4) is 5.75 Å². The van der Waals surface area contributed by atoms with Crippen molar-refractivity contribution < 1.29 is 4.74 Å². The average molecular weight is 314 g/mol. The Balaban J connectivity index is 2.52. The largest absolute Gasteiger partial charge is 0.489 e. The van der Waals surface area contributed by atoms with Gasteiger partial charge in [-0.3, -0.25) is 0 Å². The molecule has 0 radical (unpaired) electrons. The molecule has 2 nitrogen and oxygen atoms in total. The van der Waals surface area contributed by atoms with Crippen molar-refractivity contribution in [3.05, 3.63) is 28.7 Å². The first-order valence-corrected chi connectivity index (χ1v) is 7.41. The van der Waals surface area contributed by atoms with Crippen LogP contribution in [0.2, 0.25) is 0 Å². The Bertz CT molecular complexity index is 352. The second-order valence-electron chi connectivity index (χ2n) is 5.41. The summed E-state index contributed by atoms with van der Waals surface area (Å²) in [5, 5.41) is 3.46. The highest BCUT2D eigenvalue weighted by Gasteiger charge is 2.15. The molecule has 3 heteroatoms. The zero-order valence-electron chi connectivity index (χ0n) is 11.7. The van der Waals surface area contributed by atoms with E-state index in [2.05, 4.69) is 48.9 Å². The molecule has 1 unspecified atom stereocenters. The third kappa shape index (κ3) is 5.87. The lowest BCUT2D eigenvalue weighted by Crippen LogP contribution is -2.36. The van der Waals surface area contributed by atoms with Crippen LogP contribution in [0.15, 0.2) is 28.7 Å². The molecule has 0 spiro atoms. The molecule has 0 amide bonds. The van der Waals surface area contributed by atoms with E-state index < -0.39 is 0 Å². The molecule has 1 aromatic rings. The Kier molecular flexibility index (Phi) is 6.72. The smallest absolute Gasteiger partial charge is 0.120 e. The number of benzene rings is 1. The fraction of sp³-hybridized carbons (Fsp3) is 0.600.